The highest BCUT2D eigenvalue weighted by Crippen LogP contribution is 2.30. The first-order valence-corrected chi connectivity index (χ1v) is 5.61. The monoisotopic (exact) mass is 267 g/mol. The van der Waals surface area contributed by atoms with Gasteiger partial charge in [-0.1, -0.05) is 0 Å². The van der Waals surface area contributed by atoms with Gasteiger partial charge in [-0.05, 0) is 6.92 Å². The van der Waals surface area contributed by atoms with Crippen molar-refractivity contribution < 1.29 is 19.6 Å². The van der Waals surface area contributed by atoms with Crippen LogP contribution < -0.4 is 4.90 Å². The molecule has 0 unspecified atom stereocenters. The van der Waals surface area contributed by atoms with Gasteiger partial charge in [-0.15, -0.1) is 0 Å². The van der Waals surface area contributed by atoms with E-state index < -0.39 is 16.5 Å². The SMILES string of the molecule is CC1(OCC(=O)O)CN(c2cc([N+](=O)[O-])ccn2)C1. The molecule has 0 radical (unpaired) electrons. The molecule has 1 fully saturated rings. The van der Waals surface area contributed by atoms with Gasteiger partial charge in [0.05, 0.1) is 11.0 Å². The molecule has 1 aliphatic heterocycles. The van der Waals surface area contributed by atoms with Crippen molar-refractivity contribution >= 4 is 17.5 Å². The van der Waals surface area contributed by atoms with Crippen LogP contribution in [0.15, 0.2) is 18.3 Å². The number of carboxylic acid groups (broad SMARTS) is 1. The Labute approximate surface area is 108 Å². The molecule has 1 aromatic rings. The summed E-state index contributed by atoms with van der Waals surface area (Å²) in [7, 11) is 0. The maximum Gasteiger partial charge on any atom is 0.329 e. The first-order valence-electron chi connectivity index (χ1n) is 5.61. The zero-order valence-corrected chi connectivity index (χ0v) is 10.3. The molecule has 2 heterocycles. The standard InChI is InChI=1S/C11H13N3O5/c1-11(19-5-10(15)16)6-13(7-11)9-4-8(14(17)18)2-3-12-9/h2-4H,5-7H2,1H3,(H,15,16). The number of pyridine rings is 1. The van der Waals surface area contributed by atoms with Crippen LogP contribution >= 0.6 is 0 Å². The number of rotatable bonds is 5. The summed E-state index contributed by atoms with van der Waals surface area (Å²) in [6.07, 6.45) is 1.38. The van der Waals surface area contributed by atoms with E-state index in [2.05, 4.69) is 4.98 Å². The molecule has 0 spiro atoms. The van der Waals surface area contributed by atoms with E-state index in [1.54, 1.807) is 11.8 Å². The van der Waals surface area contributed by atoms with Gasteiger partial charge in [0.2, 0.25) is 0 Å². The molecule has 19 heavy (non-hydrogen) atoms. The molecule has 8 heteroatoms. The maximum atomic E-state index is 10.7. The Kier molecular flexibility index (Phi) is 3.34. The number of hydrogen-bond donors (Lipinski definition) is 1. The number of aliphatic carboxylic acids is 1. The topological polar surface area (TPSA) is 106 Å². The van der Waals surface area contributed by atoms with E-state index in [4.69, 9.17) is 9.84 Å². The van der Waals surface area contributed by atoms with Gasteiger partial charge in [0, 0.05) is 25.4 Å². The summed E-state index contributed by atoms with van der Waals surface area (Å²) in [4.78, 5) is 26.5. The molecule has 8 nitrogen and oxygen atoms in total. The lowest BCUT2D eigenvalue weighted by Crippen LogP contribution is -2.62. The molecule has 0 saturated carbocycles. The minimum Gasteiger partial charge on any atom is -0.480 e. The van der Waals surface area contributed by atoms with E-state index in [9.17, 15) is 14.9 Å². The third-order valence-electron chi connectivity index (χ3n) is 2.86. The van der Waals surface area contributed by atoms with Crippen LogP contribution in [0.4, 0.5) is 11.5 Å². The number of nitro groups is 1. The summed E-state index contributed by atoms with van der Waals surface area (Å²) in [5, 5.41) is 19.2. The van der Waals surface area contributed by atoms with Crippen molar-refractivity contribution in [3.63, 3.8) is 0 Å². The van der Waals surface area contributed by atoms with Crippen LogP contribution in [0.25, 0.3) is 0 Å². The summed E-state index contributed by atoms with van der Waals surface area (Å²) in [6, 6.07) is 2.71. The second kappa shape index (κ2) is 4.81. The smallest absolute Gasteiger partial charge is 0.329 e. The molecule has 0 aliphatic carbocycles. The molecular weight excluding hydrogens is 254 g/mol. The minimum absolute atomic E-state index is 0.0231. The largest absolute Gasteiger partial charge is 0.480 e. The lowest BCUT2D eigenvalue weighted by Gasteiger charge is -2.47. The zero-order valence-electron chi connectivity index (χ0n) is 10.3. The van der Waals surface area contributed by atoms with Gasteiger partial charge in [-0.2, -0.15) is 0 Å². The summed E-state index contributed by atoms with van der Waals surface area (Å²) >= 11 is 0. The van der Waals surface area contributed by atoms with Crippen molar-refractivity contribution in [1.82, 2.24) is 4.98 Å². The molecule has 0 aromatic carbocycles. The van der Waals surface area contributed by atoms with Crippen LogP contribution in [0.5, 0.6) is 0 Å². The summed E-state index contributed by atoms with van der Waals surface area (Å²) in [5.74, 6) is -0.529. The second-order valence-electron chi connectivity index (χ2n) is 4.62. The third kappa shape index (κ3) is 2.97. The van der Waals surface area contributed by atoms with E-state index in [0.29, 0.717) is 18.9 Å². The highest BCUT2D eigenvalue weighted by Gasteiger charge is 2.41. The van der Waals surface area contributed by atoms with Gasteiger partial charge >= 0.3 is 5.97 Å². The predicted octanol–water partition coefficient (Wildman–Crippen LogP) is 0.670. The molecule has 2 rings (SSSR count). The number of nitrogens with zero attached hydrogens (tertiary/aromatic N) is 3. The number of aromatic nitrogens is 1. The van der Waals surface area contributed by atoms with E-state index in [0.717, 1.165) is 0 Å². The van der Waals surface area contributed by atoms with E-state index >= 15 is 0 Å². The molecular formula is C11H13N3O5. The van der Waals surface area contributed by atoms with E-state index in [-0.39, 0.29) is 12.3 Å². The fourth-order valence-electron chi connectivity index (χ4n) is 1.94. The molecule has 1 saturated heterocycles. The van der Waals surface area contributed by atoms with Crippen molar-refractivity contribution in [1.29, 1.82) is 0 Å². The van der Waals surface area contributed by atoms with Crippen molar-refractivity contribution in [2.75, 3.05) is 24.6 Å². The number of carbonyl (C=O) groups is 1. The van der Waals surface area contributed by atoms with Gasteiger partial charge in [0.1, 0.15) is 18.0 Å². The van der Waals surface area contributed by atoms with Gasteiger partial charge in [-0.3, -0.25) is 10.1 Å². The molecule has 0 bridgehead atoms. The Balaban J connectivity index is 1.98. The highest BCUT2D eigenvalue weighted by atomic mass is 16.6. The minimum atomic E-state index is -1.02. The maximum absolute atomic E-state index is 10.7. The molecule has 102 valence electrons. The van der Waals surface area contributed by atoms with Crippen LogP contribution in [-0.4, -0.2) is 46.3 Å². The van der Waals surface area contributed by atoms with Crippen molar-refractivity contribution in [3.8, 4) is 0 Å². The first kappa shape index (κ1) is 13.2. The average molecular weight is 267 g/mol. The Morgan fingerprint density at radius 1 is 1.68 bits per heavy atom. The number of ether oxygens (including phenoxy) is 1. The van der Waals surface area contributed by atoms with Crippen molar-refractivity contribution in [2.24, 2.45) is 0 Å². The van der Waals surface area contributed by atoms with Gasteiger partial charge in [0.25, 0.3) is 5.69 Å². The summed E-state index contributed by atoms with van der Waals surface area (Å²) in [6.45, 7) is 2.35. The Morgan fingerprint density at radius 3 is 2.95 bits per heavy atom. The Hall–Kier alpha value is -2.22. The number of anilines is 1. The lowest BCUT2D eigenvalue weighted by molar-refractivity contribution is -0.384. The van der Waals surface area contributed by atoms with E-state index in [1.807, 2.05) is 0 Å². The molecule has 1 aromatic heterocycles. The first-order chi connectivity index (χ1) is 8.89. The fourth-order valence-corrected chi connectivity index (χ4v) is 1.94. The second-order valence-corrected chi connectivity index (χ2v) is 4.62. The lowest BCUT2D eigenvalue weighted by atomic mass is 9.96. The average Bonchev–Trinajstić information content (AvgIpc) is 2.33. The number of carboxylic acids is 1. The van der Waals surface area contributed by atoms with Crippen LogP contribution in [0.3, 0.4) is 0 Å². The van der Waals surface area contributed by atoms with Crippen LogP contribution in [0, 0.1) is 10.1 Å². The molecule has 1 N–H and O–H groups in total. The fraction of sp³-hybridized carbons (Fsp3) is 0.455. The van der Waals surface area contributed by atoms with Gasteiger partial charge in [0.15, 0.2) is 0 Å². The molecule has 1 aliphatic rings. The van der Waals surface area contributed by atoms with Gasteiger partial charge < -0.3 is 14.7 Å². The van der Waals surface area contributed by atoms with Gasteiger partial charge in [-0.25, -0.2) is 9.78 Å². The summed E-state index contributed by atoms with van der Waals surface area (Å²) < 4.78 is 5.25. The van der Waals surface area contributed by atoms with Crippen LogP contribution in [0.2, 0.25) is 0 Å². The third-order valence-corrected chi connectivity index (χ3v) is 2.86. The Bertz CT molecular complexity index is 513. The quantitative estimate of drug-likeness (QED) is 0.617. The summed E-state index contributed by atoms with van der Waals surface area (Å²) in [5.41, 5.74) is -0.574. The van der Waals surface area contributed by atoms with Crippen molar-refractivity contribution in [3.05, 3.63) is 28.4 Å². The van der Waals surface area contributed by atoms with Crippen LogP contribution in [-0.2, 0) is 9.53 Å². The number of hydrogen-bond acceptors (Lipinski definition) is 6. The zero-order chi connectivity index (χ0) is 14.0. The van der Waals surface area contributed by atoms with E-state index in [1.165, 1.54) is 18.3 Å². The molecule has 0 amide bonds. The van der Waals surface area contributed by atoms with Crippen LogP contribution in [0.1, 0.15) is 6.92 Å². The van der Waals surface area contributed by atoms with Crippen molar-refractivity contribution in [2.45, 2.75) is 12.5 Å². The predicted molar refractivity (Wildman–Crippen MR) is 65.1 cm³/mol. The molecule has 0 atom stereocenters. The Morgan fingerprint density at radius 2 is 2.37 bits per heavy atom. The highest BCUT2D eigenvalue weighted by molar-refractivity contribution is 5.68. The normalized spacial score (nSPS) is 16.8.